The molecule has 1 amide bonds. The van der Waals surface area contributed by atoms with E-state index in [4.69, 9.17) is 16.4 Å². The minimum Gasteiger partial charge on any atom is -0.397 e. The highest BCUT2D eigenvalue weighted by atomic mass is 32.2. The number of thioether (sulfide) groups is 2. The van der Waals surface area contributed by atoms with Gasteiger partial charge in [-0.15, -0.1) is 11.8 Å². The van der Waals surface area contributed by atoms with Crippen LogP contribution in [0, 0.1) is 16.7 Å². The fraction of sp³-hybridized carbons (Fsp3) is 0.200. The van der Waals surface area contributed by atoms with Gasteiger partial charge in [-0.1, -0.05) is 11.8 Å². The van der Waals surface area contributed by atoms with Crippen molar-refractivity contribution < 1.29 is 4.79 Å². The number of hydrogen-bond donors (Lipinski definition) is 2. The lowest BCUT2D eigenvalue weighted by atomic mass is 10.2. The predicted molar refractivity (Wildman–Crippen MR) is 72.8 cm³/mol. The Morgan fingerprint density at radius 1 is 1.72 bits per heavy atom. The van der Waals surface area contributed by atoms with Gasteiger partial charge in [0.05, 0.1) is 11.4 Å². The van der Waals surface area contributed by atoms with Crippen LogP contribution < -0.4 is 10.6 Å². The van der Waals surface area contributed by atoms with Gasteiger partial charge in [0.25, 0.3) is 0 Å². The van der Waals surface area contributed by atoms with Gasteiger partial charge >= 0.3 is 0 Å². The molecule has 1 aromatic rings. The van der Waals surface area contributed by atoms with E-state index >= 15 is 0 Å². The Hall–Kier alpha value is -1.72. The molecule has 18 heavy (non-hydrogen) atoms. The standard InChI is InChI=1S/C10H9N5OS2/c1-17-9-5(3-11)6(12)2-7(14-9)15-8(16)4-18-10(15)13/h2,13H,4H2,1H3,(H2,12,14). The first kappa shape index (κ1) is 12.7. The molecular formula is C10H9N5OS2. The number of nitrogens with one attached hydrogen (secondary N) is 1. The maximum Gasteiger partial charge on any atom is 0.244 e. The van der Waals surface area contributed by atoms with Gasteiger partial charge in [0.15, 0.2) is 5.17 Å². The third kappa shape index (κ3) is 2.02. The van der Waals surface area contributed by atoms with E-state index in [-0.39, 0.29) is 22.5 Å². The first-order valence-corrected chi connectivity index (χ1v) is 7.08. The Balaban J connectivity index is 2.54. The minimum atomic E-state index is -0.200. The van der Waals surface area contributed by atoms with E-state index in [0.717, 1.165) is 11.8 Å². The molecule has 0 unspecified atom stereocenters. The number of pyridine rings is 1. The van der Waals surface area contributed by atoms with Crippen molar-refractivity contribution in [3.05, 3.63) is 11.6 Å². The van der Waals surface area contributed by atoms with E-state index in [0.29, 0.717) is 16.4 Å². The zero-order valence-electron chi connectivity index (χ0n) is 9.43. The van der Waals surface area contributed by atoms with Gasteiger partial charge in [-0.2, -0.15) is 5.26 Å². The fourth-order valence-electron chi connectivity index (χ4n) is 1.51. The van der Waals surface area contributed by atoms with Crippen LogP contribution in [0.15, 0.2) is 11.1 Å². The van der Waals surface area contributed by atoms with E-state index in [1.807, 2.05) is 6.07 Å². The summed E-state index contributed by atoms with van der Waals surface area (Å²) in [6.45, 7) is 0. The van der Waals surface area contributed by atoms with Crippen molar-refractivity contribution in [3.63, 3.8) is 0 Å². The number of rotatable bonds is 2. The molecule has 0 bridgehead atoms. The van der Waals surface area contributed by atoms with E-state index in [1.54, 1.807) is 6.26 Å². The van der Waals surface area contributed by atoms with Crippen molar-refractivity contribution in [2.75, 3.05) is 22.6 Å². The third-order valence-electron chi connectivity index (χ3n) is 2.32. The highest BCUT2D eigenvalue weighted by Crippen LogP contribution is 2.30. The number of aromatic nitrogens is 1. The molecule has 92 valence electrons. The highest BCUT2D eigenvalue weighted by molar-refractivity contribution is 8.15. The second-order valence-electron chi connectivity index (χ2n) is 3.39. The van der Waals surface area contributed by atoms with Gasteiger partial charge in [-0.05, 0) is 6.26 Å². The van der Waals surface area contributed by atoms with Crippen LogP contribution in [-0.4, -0.2) is 28.1 Å². The van der Waals surface area contributed by atoms with Crippen LogP contribution in [0.2, 0.25) is 0 Å². The summed E-state index contributed by atoms with van der Waals surface area (Å²) in [5.41, 5.74) is 6.35. The number of anilines is 2. The fourth-order valence-corrected chi connectivity index (χ4v) is 2.77. The zero-order valence-corrected chi connectivity index (χ0v) is 11.1. The molecule has 0 atom stereocenters. The molecule has 0 radical (unpaired) electrons. The summed E-state index contributed by atoms with van der Waals surface area (Å²) < 4.78 is 0. The molecule has 8 heteroatoms. The lowest BCUT2D eigenvalue weighted by molar-refractivity contribution is -0.115. The van der Waals surface area contributed by atoms with Gasteiger partial charge < -0.3 is 5.73 Å². The van der Waals surface area contributed by atoms with Crippen molar-refractivity contribution in [2.24, 2.45) is 0 Å². The average molecular weight is 279 g/mol. The van der Waals surface area contributed by atoms with Gasteiger partial charge in [0.2, 0.25) is 5.91 Å². The largest absolute Gasteiger partial charge is 0.397 e. The number of amides is 1. The summed E-state index contributed by atoms with van der Waals surface area (Å²) in [6, 6.07) is 3.44. The summed E-state index contributed by atoms with van der Waals surface area (Å²) >= 11 is 2.43. The van der Waals surface area contributed by atoms with Crippen LogP contribution >= 0.6 is 23.5 Å². The van der Waals surface area contributed by atoms with Crippen molar-refractivity contribution in [3.8, 4) is 6.07 Å². The second kappa shape index (κ2) is 4.88. The molecule has 0 aromatic carbocycles. The smallest absolute Gasteiger partial charge is 0.244 e. The van der Waals surface area contributed by atoms with Crippen LogP contribution in [0.5, 0.6) is 0 Å². The van der Waals surface area contributed by atoms with Crippen LogP contribution in [0.3, 0.4) is 0 Å². The molecular weight excluding hydrogens is 270 g/mol. The van der Waals surface area contributed by atoms with E-state index in [1.165, 1.54) is 22.7 Å². The SMILES string of the molecule is CSc1nc(N2C(=N)SCC2=O)cc(N)c1C#N. The minimum absolute atomic E-state index is 0.128. The molecule has 0 spiro atoms. The molecule has 2 rings (SSSR count). The summed E-state index contributed by atoms with van der Waals surface area (Å²) in [4.78, 5) is 17.1. The highest BCUT2D eigenvalue weighted by Gasteiger charge is 2.30. The topological polar surface area (TPSA) is 107 Å². The molecule has 0 aliphatic carbocycles. The lowest BCUT2D eigenvalue weighted by Gasteiger charge is -2.15. The van der Waals surface area contributed by atoms with Crippen molar-refractivity contribution in [1.82, 2.24) is 4.98 Å². The number of carbonyl (C=O) groups excluding carboxylic acids is 1. The normalized spacial score (nSPS) is 15.0. The summed E-state index contributed by atoms with van der Waals surface area (Å²) in [5.74, 6) is 0.333. The maximum atomic E-state index is 11.7. The van der Waals surface area contributed by atoms with Crippen molar-refractivity contribution >= 4 is 46.1 Å². The number of amidine groups is 1. The second-order valence-corrected chi connectivity index (χ2v) is 5.15. The van der Waals surface area contributed by atoms with Gasteiger partial charge in [0, 0.05) is 6.07 Å². The molecule has 1 aliphatic rings. The van der Waals surface area contributed by atoms with Gasteiger partial charge in [-0.25, -0.2) is 9.88 Å². The Bertz CT molecular complexity index is 564. The molecule has 1 saturated heterocycles. The summed E-state index contributed by atoms with van der Waals surface area (Å²) in [5, 5.41) is 17.3. The average Bonchev–Trinajstić information content (AvgIpc) is 2.68. The first-order valence-electron chi connectivity index (χ1n) is 4.87. The van der Waals surface area contributed by atoms with Crippen LogP contribution in [0.25, 0.3) is 0 Å². The van der Waals surface area contributed by atoms with Gasteiger partial charge in [-0.3, -0.25) is 10.2 Å². The van der Waals surface area contributed by atoms with Crippen LogP contribution in [0.4, 0.5) is 11.5 Å². The van der Waals surface area contributed by atoms with E-state index in [2.05, 4.69) is 4.98 Å². The molecule has 1 fully saturated rings. The predicted octanol–water partition coefficient (Wildman–Crippen LogP) is 1.27. The summed E-state index contributed by atoms with van der Waals surface area (Å²) in [7, 11) is 0. The van der Waals surface area contributed by atoms with Gasteiger partial charge in [0.1, 0.15) is 22.5 Å². The van der Waals surface area contributed by atoms with Crippen molar-refractivity contribution in [1.29, 1.82) is 10.7 Å². The number of carbonyl (C=O) groups is 1. The molecule has 1 aliphatic heterocycles. The number of nitrogens with two attached hydrogens (primary N) is 1. The number of hydrogen-bond acceptors (Lipinski definition) is 7. The van der Waals surface area contributed by atoms with Crippen LogP contribution in [0.1, 0.15) is 5.56 Å². The Labute approximate surface area is 112 Å². The van der Waals surface area contributed by atoms with Crippen molar-refractivity contribution in [2.45, 2.75) is 5.03 Å². The molecule has 3 N–H and O–H groups in total. The summed E-state index contributed by atoms with van der Waals surface area (Å²) in [6.07, 6.45) is 1.78. The number of nitriles is 1. The lowest BCUT2D eigenvalue weighted by Crippen LogP contribution is -2.29. The number of nitrogens with zero attached hydrogens (tertiary/aromatic N) is 3. The number of nitrogen functional groups attached to an aromatic ring is 1. The van der Waals surface area contributed by atoms with E-state index < -0.39 is 0 Å². The Kier molecular flexibility index (Phi) is 3.45. The molecule has 6 nitrogen and oxygen atoms in total. The molecule has 2 heterocycles. The third-order valence-corrected chi connectivity index (χ3v) is 3.85. The Morgan fingerprint density at radius 2 is 2.44 bits per heavy atom. The maximum absolute atomic E-state index is 11.7. The quantitative estimate of drug-likeness (QED) is 0.789. The van der Waals surface area contributed by atoms with Crippen LogP contribution in [-0.2, 0) is 4.79 Å². The molecule has 1 aromatic heterocycles. The first-order chi connectivity index (χ1) is 8.58. The monoisotopic (exact) mass is 279 g/mol. The zero-order chi connectivity index (χ0) is 13.3. The Morgan fingerprint density at radius 3 is 2.94 bits per heavy atom. The molecule has 0 saturated carbocycles. The van der Waals surface area contributed by atoms with E-state index in [9.17, 15) is 4.79 Å².